The molecule has 5 nitrogen and oxygen atoms in total. The summed E-state index contributed by atoms with van der Waals surface area (Å²) in [5, 5.41) is 8.96. The summed E-state index contributed by atoms with van der Waals surface area (Å²) >= 11 is 12.1. The summed E-state index contributed by atoms with van der Waals surface area (Å²) < 4.78 is 10.6. The maximum atomic E-state index is 6.18. The highest BCUT2D eigenvalue weighted by molar-refractivity contribution is 6.36. The average Bonchev–Trinajstić information content (AvgIpc) is 3.25. The quantitative estimate of drug-likeness (QED) is 0.493. The zero-order valence-corrected chi connectivity index (χ0v) is 13.6. The van der Waals surface area contributed by atoms with Crippen LogP contribution in [0.15, 0.2) is 63.6 Å². The van der Waals surface area contributed by atoms with Gasteiger partial charge >= 0.3 is 0 Å². The lowest BCUT2D eigenvalue weighted by Crippen LogP contribution is -1.80. The average molecular weight is 358 g/mol. The lowest BCUT2D eigenvalue weighted by atomic mass is 10.1. The van der Waals surface area contributed by atoms with Gasteiger partial charge in [-0.25, -0.2) is 0 Å². The van der Waals surface area contributed by atoms with Crippen LogP contribution in [-0.4, -0.2) is 15.3 Å². The minimum atomic E-state index is 0.272. The Balaban J connectivity index is 1.67. The van der Waals surface area contributed by atoms with Crippen LogP contribution in [0.4, 0.5) is 0 Å². The van der Waals surface area contributed by atoms with Gasteiger partial charge in [0.1, 0.15) is 0 Å². The van der Waals surface area contributed by atoms with E-state index in [-0.39, 0.29) is 5.89 Å². The van der Waals surface area contributed by atoms with Gasteiger partial charge in [-0.1, -0.05) is 63.8 Å². The molecule has 2 aromatic carbocycles. The van der Waals surface area contributed by atoms with Crippen molar-refractivity contribution in [2.75, 3.05) is 0 Å². The first-order chi connectivity index (χ1) is 11.7. The zero-order chi connectivity index (χ0) is 16.5. The Bertz CT molecular complexity index is 996. The van der Waals surface area contributed by atoms with Crippen molar-refractivity contribution < 1.29 is 9.05 Å². The van der Waals surface area contributed by atoms with E-state index in [2.05, 4.69) is 15.3 Å². The monoisotopic (exact) mass is 357 g/mol. The molecule has 2 heterocycles. The molecule has 0 fully saturated rings. The number of rotatable bonds is 3. The molecule has 24 heavy (non-hydrogen) atoms. The number of benzene rings is 2. The predicted molar refractivity (Wildman–Crippen MR) is 90.7 cm³/mol. The third-order valence-corrected chi connectivity index (χ3v) is 3.93. The summed E-state index contributed by atoms with van der Waals surface area (Å²) in [7, 11) is 0. The van der Waals surface area contributed by atoms with Crippen molar-refractivity contribution in [2.24, 2.45) is 0 Å². The maximum Gasteiger partial charge on any atom is 0.280 e. The van der Waals surface area contributed by atoms with E-state index in [1.54, 1.807) is 24.3 Å². The topological polar surface area (TPSA) is 65.0 Å². The largest absolute Gasteiger partial charge is 0.355 e. The van der Waals surface area contributed by atoms with E-state index in [4.69, 9.17) is 32.2 Å². The second-order valence-electron chi connectivity index (χ2n) is 4.99. The highest BCUT2D eigenvalue weighted by Crippen LogP contribution is 2.32. The lowest BCUT2D eigenvalue weighted by molar-refractivity contribution is 0.411. The van der Waals surface area contributed by atoms with Crippen LogP contribution in [0.2, 0.25) is 10.0 Å². The summed E-state index contributed by atoms with van der Waals surface area (Å²) in [6.07, 6.45) is 0. The van der Waals surface area contributed by atoms with Crippen LogP contribution >= 0.6 is 23.2 Å². The molecular formula is C17H9Cl2N3O2. The van der Waals surface area contributed by atoms with Crippen molar-refractivity contribution in [1.82, 2.24) is 15.3 Å². The molecule has 0 amide bonds. The SMILES string of the molecule is Clc1ccc(-c2cc(-c3nc(-c4ccccc4)no3)no2)c(Cl)c1. The normalized spacial score (nSPS) is 10.9. The number of hydrogen-bond donors (Lipinski definition) is 0. The fraction of sp³-hybridized carbons (Fsp3) is 0. The Hall–Kier alpha value is -2.63. The summed E-state index contributed by atoms with van der Waals surface area (Å²) in [5.41, 5.74) is 1.98. The van der Waals surface area contributed by atoms with Gasteiger partial charge in [-0.3, -0.25) is 0 Å². The molecule has 4 aromatic rings. The fourth-order valence-corrected chi connectivity index (χ4v) is 2.73. The van der Waals surface area contributed by atoms with Gasteiger partial charge in [0.25, 0.3) is 5.89 Å². The van der Waals surface area contributed by atoms with Gasteiger partial charge in [-0.15, -0.1) is 0 Å². The molecular weight excluding hydrogens is 349 g/mol. The van der Waals surface area contributed by atoms with Gasteiger partial charge < -0.3 is 9.05 Å². The molecule has 118 valence electrons. The predicted octanol–water partition coefficient (Wildman–Crippen LogP) is 5.37. The van der Waals surface area contributed by atoms with E-state index in [1.165, 1.54) is 0 Å². The second kappa shape index (κ2) is 6.11. The minimum absolute atomic E-state index is 0.272. The molecule has 0 spiro atoms. The summed E-state index contributed by atoms with van der Waals surface area (Å²) in [6, 6.07) is 16.3. The molecule has 0 aliphatic rings. The summed E-state index contributed by atoms with van der Waals surface area (Å²) in [6.45, 7) is 0. The van der Waals surface area contributed by atoms with Crippen LogP contribution in [0.25, 0.3) is 34.3 Å². The Morgan fingerprint density at radius 2 is 1.67 bits per heavy atom. The van der Waals surface area contributed by atoms with Crippen LogP contribution in [0, 0.1) is 0 Å². The molecule has 2 aromatic heterocycles. The first-order valence-corrected chi connectivity index (χ1v) is 7.78. The first kappa shape index (κ1) is 14.9. The Morgan fingerprint density at radius 1 is 0.833 bits per heavy atom. The van der Waals surface area contributed by atoms with Crippen LogP contribution in [-0.2, 0) is 0 Å². The van der Waals surface area contributed by atoms with Crippen molar-refractivity contribution in [1.29, 1.82) is 0 Å². The van der Waals surface area contributed by atoms with E-state index in [9.17, 15) is 0 Å². The molecule has 0 atom stereocenters. The number of halogens is 2. The third-order valence-electron chi connectivity index (χ3n) is 3.38. The van der Waals surface area contributed by atoms with Gasteiger partial charge in [0.05, 0.1) is 5.02 Å². The zero-order valence-electron chi connectivity index (χ0n) is 12.1. The van der Waals surface area contributed by atoms with E-state index < -0.39 is 0 Å². The molecule has 0 N–H and O–H groups in total. The summed E-state index contributed by atoms with van der Waals surface area (Å²) in [4.78, 5) is 4.34. The standard InChI is InChI=1S/C17H9Cl2N3O2/c18-11-6-7-12(13(19)8-11)15-9-14(21-23-15)17-20-16(22-24-17)10-4-2-1-3-5-10/h1-9H. The third kappa shape index (κ3) is 2.79. The van der Waals surface area contributed by atoms with Crippen molar-refractivity contribution in [2.45, 2.75) is 0 Å². The molecule has 0 saturated carbocycles. The molecule has 0 saturated heterocycles. The van der Waals surface area contributed by atoms with Gasteiger partial charge in [0.2, 0.25) is 5.82 Å². The fourth-order valence-electron chi connectivity index (χ4n) is 2.22. The van der Waals surface area contributed by atoms with Gasteiger partial charge in [0.15, 0.2) is 11.5 Å². The Kier molecular flexibility index (Phi) is 3.80. The smallest absolute Gasteiger partial charge is 0.280 e. The molecule has 4 rings (SSSR count). The highest BCUT2D eigenvalue weighted by atomic mass is 35.5. The van der Waals surface area contributed by atoms with Gasteiger partial charge in [-0.05, 0) is 18.2 Å². The minimum Gasteiger partial charge on any atom is -0.355 e. The van der Waals surface area contributed by atoms with Crippen molar-refractivity contribution in [3.8, 4) is 34.3 Å². The lowest BCUT2D eigenvalue weighted by Gasteiger charge is -1.99. The van der Waals surface area contributed by atoms with Crippen molar-refractivity contribution in [3.05, 3.63) is 64.6 Å². The second-order valence-corrected chi connectivity index (χ2v) is 5.83. The first-order valence-electron chi connectivity index (χ1n) is 7.02. The van der Waals surface area contributed by atoms with Crippen LogP contribution < -0.4 is 0 Å². The Morgan fingerprint density at radius 3 is 2.46 bits per heavy atom. The van der Waals surface area contributed by atoms with E-state index in [0.29, 0.717) is 32.9 Å². The van der Waals surface area contributed by atoms with Crippen molar-refractivity contribution in [3.63, 3.8) is 0 Å². The van der Waals surface area contributed by atoms with Crippen LogP contribution in [0.5, 0.6) is 0 Å². The van der Waals surface area contributed by atoms with Crippen LogP contribution in [0.1, 0.15) is 0 Å². The number of hydrogen-bond acceptors (Lipinski definition) is 5. The van der Waals surface area contributed by atoms with Crippen molar-refractivity contribution >= 4 is 23.2 Å². The van der Waals surface area contributed by atoms with E-state index >= 15 is 0 Å². The number of nitrogens with zero attached hydrogens (tertiary/aromatic N) is 3. The maximum absolute atomic E-state index is 6.18. The van der Waals surface area contributed by atoms with Crippen LogP contribution in [0.3, 0.4) is 0 Å². The highest BCUT2D eigenvalue weighted by Gasteiger charge is 2.17. The summed E-state index contributed by atoms with van der Waals surface area (Å²) in [5.74, 6) is 1.25. The van der Waals surface area contributed by atoms with Gasteiger partial charge in [0, 0.05) is 22.2 Å². The number of aromatic nitrogens is 3. The molecule has 0 bridgehead atoms. The molecule has 0 aliphatic heterocycles. The molecule has 0 unspecified atom stereocenters. The van der Waals surface area contributed by atoms with E-state index in [1.807, 2.05) is 30.3 Å². The molecule has 0 radical (unpaired) electrons. The Labute approximate surface area is 146 Å². The molecule has 0 aliphatic carbocycles. The van der Waals surface area contributed by atoms with E-state index in [0.717, 1.165) is 5.56 Å². The van der Waals surface area contributed by atoms with Gasteiger partial charge in [-0.2, -0.15) is 4.98 Å². The molecule has 7 heteroatoms.